The number of alkyl carbamates (subject to hydrolysis) is 2. The lowest BCUT2D eigenvalue weighted by molar-refractivity contribution is -0.136. The molecule has 4 N–H and O–H groups in total. The molecule has 322 valence electrons. The van der Waals surface area contributed by atoms with E-state index in [4.69, 9.17) is 19.4 Å². The van der Waals surface area contributed by atoms with Gasteiger partial charge in [0.15, 0.2) is 0 Å². The number of imidazole rings is 2. The van der Waals surface area contributed by atoms with Crippen LogP contribution in [0.2, 0.25) is 0 Å². The van der Waals surface area contributed by atoms with E-state index in [2.05, 4.69) is 93.4 Å². The number of nitrogens with zero attached hydrogens (tertiary/aromatic N) is 4. The molecule has 14 nitrogen and oxygen atoms in total. The minimum Gasteiger partial charge on any atom is -0.453 e. The second-order valence-electron chi connectivity index (χ2n) is 17.0. The van der Waals surface area contributed by atoms with Crippen molar-refractivity contribution >= 4 is 45.8 Å². The minimum atomic E-state index is -0.690. The van der Waals surface area contributed by atoms with Crippen molar-refractivity contribution in [3.63, 3.8) is 0 Å². The Kier molecular flexibility index (Phi) is 12.0. The molecule has 6 aromatic rings. The summed E-state index contributed by atoms with van der Waals surface area (Å²) in [7, 11) is 2.59. The molecule has 8 rings (SSSR count). The Morgan fingerprint density at radius 2 is 1.11 bits per heavy atom. The summed E-state index contributed by atoms with van der Waals surface area (Å²) < 4.78 is 9.55. The molecule has 0 saturated carbocycles. The minimum absolute atomic E-state index is 0.104. The highest BCUT2D eigenvalue weighted by Crippen LogP contribution is 2.36. The van der Waals surface area contributed by atoms with E-state index in [9.17, 15) is 19.2 Å². The van der Waals surface area contributed by atoms with Crippen molar-refractivity contribution in [1.82, 2.24) is 40.4 Å². The van der Waals surface area contributed by atoms with E-state index >= 15 is 0 Å². The number of aromatic amines is 2. The molecular formula is C48H54N8O6. The molecule has 0 radical (unpaired) electrons. The van der Waals surface area contributed by atoms with Crippen LogP contribution in [-0.2, 0) is 19.1 Å². The molecule has 0 spiro atoms. The van der Waals surface area contributed by atoms with Crippen LogP contribution in [0.15, 0.2) is 85.1 Å². The third kappa shape index (κ3) is 8.46. The number of hydrogen-bond acceptors (Lipinski definition) is 8. The average molecular weight is 839 g/mol. The van der Waals surface area contributed by atoms with Crippen LogP contribution in [0, 0.1) is 11.8 Å². The van der Waals surface area contributed by atoms with Gasteiger partial charge in [0.05, 0.1) is 49.2 Å². The van der Waals surface area contributed by atoms with Gasteiger partial charge in [0.2, 0.25) is 11.8 Å². The Hall–Kier alpha value is -6.70. The smallest absolute Gasteiger partial charge is 0.407 e. The first-order valence-corrected chi connectivity index (χ1v) is 21.4. The Labute approximate surface area is 360 Å². The van der Waals surface area contributed by atoms with Crippen molar-refractivity contribution in [2.45, 2.75) is 77.5 Å². The van der Waals surface area contributed by atoms with E-state index in [1.165, 1.54) is 14.2 Å². The quantitative estimate of drug-likeness (QED) is 0.100. The second-order valence-corrected chi connectivity index (χ2v) is 17.0. The lowest BCUT2D eigenvalue weighted by Crippen LogP contribution is -2.51. The lowest BCUT2D eigenvalue weighted by atomic mass is 9.97. The molecule has 4 amide bonds. The predicted octanol–water partition coefficient (Wildman–Crippen LogP) is 8.53. The standard InChI is InChI=1S/C48H54N8O6/c1-27(2)41(53-47(59)61-5)45(57)55-21-7-9-39(55)43-49-26-38(52-43)30-13-11-29(12-14-30)31-15-16-33-24-34(18-17-32(33)23-31)35-19-20-36-37(25-35)51-44(50-36)40-10-8-22-56(40)46(58)42(28(3)4)54-48(60)62-6/h11-20,23-28,39-42H,7-10,21-22H2,1-6H3,(H,49,52)(H,50,51)(H,53,59)(H,54,60)/t39-,40-,41-,42-/m0/s1. The Bertz CT molecular complexity index is 2620. The first-order chi connectivity index (χ1) is 29.9. The fraction of sp³-hybridized carbons (Fsp3) is 0.375. The summed E-state index contributed by atoms with van der Waals surface area (Å²) in [6.07, 6.45) is 3.85. The second kappa shape index (κ2) is 17.7. The maximum Gasteiger partial charge on any atom is 0.407 e. The summed E-state index contributed by atoms with van der Waals surface area (Å²) in [5, 5.41) is 7.67. The van der Waals surface area contributed by atoms with E-state index in [-0.39, 0.29) is 35.7 Å². The number of carbonyl (C=O) groups is 4. The number of nitrogens with one attached hydrogen (secondary N) is 4. The van der Waals surface area contributed by atoms with Crippen molar-refractivity contribution < 1.29 is 28.7 Å². The van der Waals surface area contributed by atoms with Crippen LogP contribution in [0.25, 0.3) is 55.3 Å². The van der Waals surface area contributed by atoms with Crippen molar-refractivity contribution in [1.29, 1.82) is 0 Å². The molecular weight excluding hydrogens is 785 g/mol. The van der Waals surface area contributed by atoms with Gasteiger partial charge in [-0.15, -0.1) is 0 Å². The molecule has 14 heteroatoms. The summed E-state index contributed by atoms with van der Waals surface area (Å²) in [5.74, 6) is 0.996. The summed E-state index contributed by atoms with van der Waals surface area (Å²) in [4.78, 5) is 71.5. The summed E-state index contributed by atoms with van der Waals surface area (Å²) in [6.45, 7) is 8.82. The number of rotatable bonds is 11. The van der Waals surface area contributed by atoms with E-state index < -0.39 is 24.3 Å². The van der Waals surface area contributed by atoms with E-state index in [1.54, 1.807) is 0 Å². The number of amides is 4. The molecule has 4 atom stereocenters. The molecule has 2 aromatic heterocycles. The molecule has 0 unspecified atom stereocenters. The number of carbonyl (C=O) groups excluding carboxylic acids is 4. The van der Waals surface area contributed by atoms with Crippen LogP contribution in [0.3, 0.4) is 0 Å². The van der Waals surface area contributed by atoms with Crippen molar-refractivity contribution in [2.24, 2.45) is 11.8 Å². The SMILES string of the molecule is COC(=O)N[C@H](C(=O)N1CCC[C@H]1c1ncc(-c2ccc(-c3ccc4cc(-c5ccc6nc([C@@H]7CCCN7C(=O)[C@@H](NC(=O)OC)C(C)C)[nH]c6c5)ccc4c3)cc2)[nH]1)C(C)C. The number of fused-ring (bicyclic) bond motifs is 2. The van der Waals surface area contributed by atoms with Crippen LogP contribution in [0.5, 0.6) is 0 Å². The molecule has 4 aromatic carbocycles. The van der Waals surface area contributed by atoms with E-state index in [1.807, 2.05) is 49.8 Å². The number of hydrogen-bond donors (Lipinski definition) is 4. The third-order valence-corrected chi connectivity index (χ3v) is 12.3. The first-order valence-electron chi connectivity index (χ1n) is 21.4. The highest BCUT2D eigenvalue weighted by Gasteiger charge is 2.39. The maximum atomic E-state index is 13.7. The molecule has 0 aliphatic carbocycles. The number of H-pyrrole nitrogens is 2. The van der Waals surface area contributed by atoms with Gasteiger partial charge in [-0.2, -0.15) is 0 Å². The monoisotopic (exact) mass is 838 g/mol. The summed E-state index contributed by atoms with van der Waals surface area (Å²) in [6, 6.07) is 25.8. The van der Waals surface area contributed by atoms with Gasteiger partial charge in [0.25, 0.3) is 0 Å². The van der Waals surface area contributed by atoms with Gasteiger partial charge in [0, 0.05) is 13.1 Å². The number of likely N-dealkylation sites (tertiary alicyclic amines) is 2. The van der Waals surface area contributed by atoms with Gasteiger partial charge in [0.1, 0.15) is 23.7 Å². The van der Waals surface area contributed by atoms with Gasteiger partial charge in [-0.3, -0.25) is 9.59 Å². The predicted molar refractivity (Wildman–Crippen MR) is 238 cm³/mol. The lowest BCUT2D eigenvalue weighted by Gasteiger charge is -2.30. The van der Waals surface area contributed by atoms with Crippen LogP contribution in [0.1, 0.15) is 77.1 Å². The van der Waals surface area contributed by atoms with Crippen LogP contribution in [0.4, 0.5) is 9.59 Å². The largest absolute Gasteiger partial charge is 0.453 e. The molecule has 2 fully saturated rings. The van der Waals surface area contributed by atoms with E-state index in [0.717, 1.165) is 92.6 Å². The highest BCUT2D eigenvalue weighted by molar-refractivity contribution is 5.92. The van der Waals surface area contributed by atoms with Crippen molar-refractivity contribution in [3.05, 3.63) is 96.7 Å². The Balaban J connectivity index is 0.951. The van der Waals surface area contributed by atoms with Crippen molar-refractivity contribution in [3.8, 4) is 33.5 Å². The van der Waals surface area contributed by atoms with Crippen molar-refractivity contribution in [2.75, 3.05) is 27.3 Å². The maximum absolute atomic E-state index is 13.7. The van der Waals surface area contributed by atoms with Gasteiger partial charge in [-0.05, 0) is 100 Å². The van der Waals surface area contributed by atoms with Crippen LogP contribution < -0.4 is 10.6 Å². The first kappa shape index (κ1) is 42.0. The number of ether oxygens (including phenoxy) is 2. The van der Waals surface area contributed by atoms with Crippen LogP contribution >= 0.6 is 0 Å². The van der Waals surface area contributed by atoms with Gasteiger partial charge < -0.3 is 39.9 Å². The van der Waals surface area contributed by atoms with E-state index in [0.29, 0.717) is 13.1 Å². The number of aromatic nitrogens is 4. The van der Waals surface area contributed by atoms with Gasteiger partial charge in [-0.1, -0.05) is 82.3 Å². The summed E-state index contributed by atoms with van der Waals surface area (Å²) >= 11 is 0. The highest BCUT2D eigenvalue weighted by atomic mass is 16.5. The zero-order valence-corrected chi connectivity index (χ0v) is 36.0. The molecule has 2 saturated heterocycles. The molecule has 4 heterocycles. The topological polar surface area (TPSA) is 175 Å². The normalized spacial score (nSPS) is 17.5. The van der Waals surface area contributed by atoms with Crippen LogP contribution in [-0.4, -0.2) is 93.1 Å². The van der Waals surface area contributed by atoms with Gasteiger partial charge in [-0.25, -0.2) is 19.6 Å². The molecule has 0 bridgehead atoms. The fourth-order valence-corrected chi connectivity index (χ4v) is 8.85. The average Bonchev–Trinajstić information content (AvgIpc) is 4.12. The third-order valence-electron chi connectivity index (χ3n) is 12.3. The Morgan fingerprint density at radius 1 is 0.629 bits per heavy atom. The molecule has 2 aliphatic heterocycles. The zero-order chi connectivity index (χ0) is 43.7. The van der Waals surface area contributed by atoms with Gasteiger partial charge >= 0.3 is 12.2 Å². The molecule has 62 heavy (non-hydrogen) atoms. The Morgan fingerprint density at radius 3 is 1.66 bits per heavy atom. The summed E-state index contributed by atoms with van der Waals surface area (Å²) in [5.41, 5.74) is 7.93. The fourth-order valence-electron chi connectivity index (χ4n) is 8.85. The molecule has 2 aliphatic rings. The number of methoxy groups -OCH3 is 2. The zero-order valence-electron chi connectivity index (χ0n) is 36.0. The number of benzene rings is 4.